The fourth-order valence-electron chi connectivity index (χ4n) is 3.36. The molecule has 0 bridgehead atoms. The highest BCUT2D eigenvalue weighted by molar-refractivity contribution is 5.74. The molecule has 5 heteroatoms. The second-order valence-corrected chi connectivity index (χ2v) is 6.44. The second-order valence-electron chi connectivity index (χ2n) is 6.44. The van der Waals surface area contributed by atoms with E-state index in [9.17, 15) is 0 Å². The number of rotatable bonds is 3. The molecular weight excluding hydrogens is 288 g/mol. The largest absolute Gasteiger partial charge is 0.381 e. The molecule has 1 aliphatic heterocycles. The van der Waals surface area contributed by atoms with Crippen molar-refractivity contribution in [3.05, 3.63) is 46.9 Å². The molecule has 23 heavy (non-hydrogen) atoms. The van der Waals surface area contributed by atoms with Crippen molar-refractivity contribution < 1.29 is 4.74 Å². The van der Waals surface area contributed by atoms with Gasteiger partial charge in [-0.25, -0.2) is 9.67 Å². The molecule has 0 radical (unpaired) electrons. The zero-order valence-corrected chi connectivity index (χ0v) is 13.7. The van der Waals surface area contributed by atoms with Crippen molar-refractivity contribution in [1.82, 2.24) is 19.7 Å². The predicted octanol–water partition coefficient (Wildman–Crippen LogP) is 3.32. The number of nitrogens with zero attached hydrogens (tertiary/aromatic N) is 3. The highest BCUT2D eigenvalue weighted by Crippen LogP contribution is 2.27. The highest BCUT2D eigenvalue weighted by Gasteiger charge is 2.21. The number of aromatic amines is 1. The number of hydrogen-bond donors (Lipinski definition) is 1. The van der Waals surface area contributed by atoms with Crippen LogP contribution in [0.5, 0.6) is 0 Å². The maximum Gasteiger partial charge on any atom is 0.176 e. The SMILES string of the molecule is Cc1cccc(Cn2nc(C)c3[nH]c(C4CCOCC4)nc32)c1. The predicted molar refractivity (Wildman–Crippen MR) is 89.7 cm³/mol. The van der Waals surface area contributed by atoms with E-state index in [-0.39, 0.29) is 0 Å². The molecule has 0 spiro atoms. The lowest BCUT2D eigenvalue weighted by Crippen LogP contribution is -2.15. The molecule has 1 N–H and O–H groups in total. The monoisotopic (exact) mass is 310 g/mol. The molecule has 0 atom stereocenters. The summed E-state index contributed by atoms with van der Waals surface area (Å²) in [5, 5.41) is 4.66. The van der Waals surface area contributed by atoms with Crippen molar-refractivity contribution in [2.75, 3.05) is 13.2 Å². The normalized spacial score (nSPS) is 16.3. The molecule has 4 rings (SSSR count). The van der Waals surface area contributed by atoms with Crippen molar-refractivity contribution in [2.45, 2.75) is 39.2 Å². The molecule has 5 nitrogen and oxygen atoms in total. The fourth-order valence-corrected chi connectivity index (χ4v) is 3.36. The molecule has 120 valence electrons. The summed E-state index contributed by atoms with van der Waals surface area (Å²) in [7, 11) is 0. The summed E-state index contributed by atoms with van der Waals surface area (Å²) < 4.78 is 7.47. The minimum atomic E-state index is 0.475. The standard InChI is InChI=1S/C18H22N4O/c1-12-4-3-5-14(10-12)11-22-18-16(13(2)21-22)19-17(20-18)15-6-8-23-9-7-15/h3-5,10,15H,6-9,11H2,1-2H3,(H,19,20). The van der Waals surface area contributed by atoms with E-state index in [1.54, 1.807) is 0 Å². The average molecular weight is 310 g/mol. The quantitative estimate of drug-likeness (QED) is 0.807. The number of benzene rings is 1. The molecule has 0 saturated carbocycles. The Morgan fingerprint density at radius 3 is 2.87 bits per heavy atom. The van der Waals surface area contributed by atoms with Crippen molar-refractivity contribution in [2.24, 2.45) is 0 Å². The lowest BCUT2D eigenvalue weighted by molar-refractivity contribution is 0.0838. The first-order chi connectivity index (χ1) is 11.2. The van der Waals surface area contributed by atoms with Gasteiger partial charge in [0.25, 0.3) is 0 Å². The van der Waals surface area contributed by atoms with Gasteiger partial charge in [-0.3, -0.25) is 0 Å². The zero-order valence-electron chi connectivity index (χ0n) is 13.7. The van der Waals surface area contributed by atoms with E-state index in [0.29, 0.717) is 5.92 Å². The summed E-state index contributed by atoms with van der Waals surface area (Å²) >= 11 is 0. The van der Waals surface area contributed by atoms with Gasteiger partial charge in [-0.05, 0) is 32.3 Å². The van der Waals surface area contributed by atoms with E-state index in [0.717, 1.165) is 55.3 Å². The Hall–Kier alpha value is -2.14. The van der Waals surface area contributed by atoms with Crippen LogP contribution in [0, 0.1) is 13.8 Å². The maximum absolute atomic E-state index is 5.46. The Morgan fingerprint density at radius 2 is 2.09 bits per heavy atom. The van der Waals surface area contributed by atoms with Gasteiger partial charge in [-0.15, -0.1) is 0 Å². The van der Waals surface area contributed by atoms with Crippen LogP contribution in [0.25, 0.3) is 11.2 Å². The van der Waals surface area contributed by atoms with Gasteiger partial charge in [0, 0.05) is 19.1 Å². The van der Waals surface area contributed by atoms with E-state index in [1.807, 2.05) is 11.6 Å². The molecule has 3 heterocycles. The van der Waals surface area contributed by atoms with Gasteiger partial charge in [0.15, 0.2) is 5.65 Å². The summed E-state index contributed by atoms with van der Waals surface area (Å²) in [5.41, 5.74) is 5.57. The van der Waals surface area contributed by atoms with Crippen LogP contribution in [0.2, 0.25) is 0 Å². The van der Waals surface area contributed by atoms with E-state index in [1.165, 1.54) is 11.1 Å². The number of ether oxygens (including phenoxy) is 1. The molecule has 0 amide bonds. The maximum atomic E-state index is 5.46. The number of imidazole rings is 1. The lowest BCUT2D eigenvalue weighted by Gasteiger charge is -2.19. The van der Waals surface area contributed by atoms with Gasteiger partial charge in [-0.1, -0.05) is 29.8 Å². The van der Waals surface area contributed by atoms with Gasteiger partial charge in [0.2, 0.25) is 0 Å². The summed E-state index contributed by atoms with van der Waals surface area (Å²) in [5.74, 6) is 1.56. The number of aromatic nitrogens is 4. The van der Waals surface area contributed by atoms with Crippen LogP contribution in [0.15, 0.2) is 24.3 Å². The van der Waals surface area contributed by atoms with Crippen molar-refractivity contribution in [3.63, 3.8) is 0 Å². The summed E-state index contributed by atoms with van der Waals surface area (Å²) in [4.78, 5) is 8.37. The molecular formula is C18H22N4O. The number of H-pyrrole nitrogens is 1. The number of hydrogen-bond acceptors (Lipinski definition) is 3. The average Bonchev–Trinajstić information content (AvgIpc) is 3.11. The van der Waals surface area contributed by atoms with Crippen LogP contribution in [-0.4, -0.2) is 33.0 Å². The van der Waals surface area contributed by atoms with Gasteiger partial charge >= 0.3 is 0 Å². The Labute approximate surface area is 135 Å². The van der Waals surface area contributed by atoms with Crippen molar-refractivity contribution in [1.29, 1.82) is 0 Å². The number of fused-ring (bicyclic) bond motifs is 1. The van der Waals surface area contributed by atoms with Crippen LogP contribution in [-0.2, 0) is 11.3 Å². The van der Waals surface area contributed by atoms with E-state index in [4.69, 9.17) is 9.72 Å². The molecule has 1 saturated heterocycles. The first-order valence-electron chi connectivity index (χ1n) is 8.27. The Kier molecular flexibility index (Phi) is 3.65. The summed E-state index contributed by atoms with van der Waals surface area (Å²) in [6, 6.07) is 8.55. The first-order valence-corrected chi connectivity index (χ1v) is 8.27. The first kappa shape index (κ1) is 14.5. The lowest BCUT2D eigenvalue weighted by atomic mass is 10.00. The van der Waals surface area contributed by atoms with Crippen molar-refractivity contribution >= 4 is 11.2 Å². The molecule has 2 aromatic heterocycles. The second kappa shape index (κ2) is 5.81. The van der Waals surface area contributed by atoms with E-state index < -0.39 is 0 Å². The Morgan fingerprint density at radius 1 is 1.26 bits per heavy atom. The van der Waals surface area contributed by atoms with Crippen LogP contribution in [0.3, 0.4) is 0 Å². The number of nitrogens with one attached hydrogen (secondary N) is 1. The molecule has 1 fully saturated rings. The van der Waals surface area contributed by atoms with Crippen LogP contribution in [0.1, 0.15) is 41.4 Å². The van der Waals surface area contributed by atoms with E-state index >= 15 is 0 Å². The molecule has 0 aliphatic carbocycles. The summed E-state index contributed by atoms with van der Waals surface area (Å²) in [6.45, 7) is 6.57. The third-order valence-corrected chi connectivity index (χ3v) is 4.60. The van der Waals surface area contributed by atoms with Crippen LogP contribution in [0.4, 0.5) is 0 Å². The van der Waals surface area contributed by atoms with Crippen LogP contribution < -0.4 is 0 Å². The minimum Gasteiger partial charge on any atom is -0.381 e. The molecule has 0 unspecified atom stereocenters. The molecule has 1 aliphatic rings. The van der Waals surface area contributed by atoms with Gasteiger partial charge in [0.05, 0.1) is 12.2 Å². The number of aryl methyl sites for hydroxylation is 2. The Balaban J connectivity index is 1.68. The third kappa shape index (κ3) is 2.77. The van der Waals surface area contributed by atoms with Crippen LogP contribution >= 0.6 is 0 Å². The summed E-state index contributed by atoms with van der Waals surface area (Å²) in [6.07, 6.45) is 2.08. The van der Waals surface area contributed by atoms with Crippen molar-refractivity contribution in [3.8, 4) is 0 Å². The third-order valence-electron chi connectivity index (χ3n) is 4.60. The van der Waals surface area contributed by atoms with Gasteiger partial charge in [-0.2, -0.15) is 5.10 Å². The Bertz CT molecular complexity index is 827. The fraction of sp³-hybridized carbons (Fsp3) is 0.444. The smallest absolute Gasteiger partial charge is 0.176 e. The molecule has 3 aromatic rings. The molecule has 1 aromatic carbocycles. The zero-order chi connectivity index (χ0) is 15.8. The topological polar surface area (TPSA) is 55.7 Å². The highest BCUT2D eigenvalue weighted by atomic mass is 16.5. The van der Waals surface area contributed by atoms with Gasteiger partial charge in [0.1, 0.15) is 11.3 Å². The van der Waals surface area contributed by atoms with Gasteiger partial charge < -0.3 is 9.72 Å². The van der Waals surface area contributed by atoms with E-state index in [2.05, 4.69) is 41.3 Å². The minimum absolute atomic E-state index is 0.475.